The summed E-state index contributed by atoms with van der Waals surface area (Å²) in [6.45, 7) is 3.86. The lowest BCUT2D eigenvalue weighted by Gasteiger charge is -2.09. The Morgan fingerprint density at radius 1 is 1.38 bits per heavy atom. The van der Waals surface area contributed by atoms with E-state index in [4.69, 9.17) is 9.47 Å². The van der Waals surface area contributed by atoms with Crippen LogP contribution in [0.2, 0.25) is 0 Å². The summed E-state index contributed by atoms with van der Waals surface area (Å²) in [5, 5.41) is 20.8. The van der Waals surface area contributed by atoms with Gasteiger partial charge < -0.3 is 14.6 Å². The molecule has 1 heterocycles. The standard InChI is InChI=1S/C14H15NO5S/c1-3-19-11-6-4-5-7-12(11)20-14-10(15(17)18)8-13(21-14)9(2)16/h4-9,16H,3H2,1-2H3/t9-/m0/s1. The molecule has 0 aliphatic rings. The predicted molar refractivity (Wildman–Crippen MR) is 79.3 cm³/mol. The van der Waals surface area contributed by atoms with E-state index in [2.05, 4.69) is 0 Å². The summed E-state index contributed by atoms with van der Waals surface area (Å²) in [6, 6.07) is 8.28. The van der Waals surface area contributed by atoms with Crippen molar-refractivity contribution < 1.29 is 19.5 Å². The zero-order valence-corrected chi connectivity index (χ0v) is 12.4. The Kier molecular flexibility index (Phi) is 4.77. The van der Waals surface area contributed by atoms with Crippen molar-refractivity contribution in [2.75, 3.05) is 6.61 Å². The van der Waals surface area contributed by atoms with Gasteiger partial charge in [0.15, 0.2) is 11.5 Å². The first kappa shape index (κ1) is 15.3. The molecule has 0 fully saturated rings. The molecule has 112 valence electrons. The second kappa shape index (κ2) is 6.55. The number of benzene rings is 1. The molecule has 0 saturated heterocycles. The van der Waals surface area contributed by atoms with E-state index in [-0.39, 0.29) is 10.8 Å². The Bertz CT molecular complexity index is 638. The van der Waals surface area contributed by atoms with Gasteiger partial charge in [0.2, 0.25) is 0 Å². The lowest BCUT2D eigenvalue weighted by atomic mass is 10.3. The Labute approximate surface area is 125 Å². The summed E-state index contributed by atoms with van der Waals surface area (Å²) in [5.41, 5.74) is -0.165. The van der Waals surface area contributed by atoms with Crippen molar-refractivity contribution in [2.45, 2.75) is 20.0 Å². The molecule has 1 atom stereocenters. The average Bonchev–Trinajstić information content (AvgIpc) is 2.85. The molecular formula is C14H15NO5S. The van der Waals surface area contributed by atoms with Crippen LogP contribution in [0, 0.1) is 10.1 Å². The van der Waals surface area contributed by atoms with Gasteiger partial charge in [-0.15, -0.1) is 0 Å². The molecule has 21 heavy (non-hydrogen) atoms. The van der Waals surface area contributed by atoms with Crippen molar-refractivity contribution in [3.8, 4) is 16.6 Å². The van der Waals surface area contributed by atoms with Gasteiger partial charge in [0.05, 0.1) is 17.6 Å². The molecule has 0 radical (unpaired) electrons. The number of ether oxygens (including phenoxy) is 2. The summed E-state index contributed by atoms with van der Waals surface area (Å²) in [4.78, 5) is 11.0. The SMILES string of the molecule is CCOc1ccccc1Oc1sc([C@H](C)O)cc1[N+](=O)[O-]. The summed E-state index contributed by atoms with van der Waals surface area (Å²) >= 11 is 1.05. The first-order valence-corrected chi connectivity index (χ1v) is 7.20. The van der Waals surface area contributed by atoms with Crippen LogP contribution in [-0.4, -0.2) is 16.6 Å². The molecule has 6 nitrogen and oxygen atoms in total. The summed E-state index contributed by atoms with van der Waals surface area (Å²) in [6.07, 6.45) is -0.784. The quantitative estimate of drug-likeness (QED) is 0.646. The molecule has 2 aromatic rings. The lowest BCUT2D eigenvalue weighted by Crippen LogP contribution is -1.95. The van der Waals surface area contributed by atoms with Gasteiger partial charge in [-0.05, 0) is 26.0 Å². The van der Waals surface area contributed by atoms with Crippen LogP contribution in [0.25, 0.3) is 0 Å². The van der Waals surface area contributed by atoms with E-state index in [1.165, 1.54) is 6.07 Å². The van der Waals surface area contributed by atoms with Crippen molar-refractivity contribution in [2.24, 2.45) is 0 Å². The molecule has 0 aliphatic carbocycles. The zero-order valence-electron chi connectivity index (χ0n) is 11.6. The fourth-order valence-electron chi connectivity index (χ4n) is 1.70. The van der Waals surface area contributed by atoms with Crippen LogP contribution in [-0.2, 0) is 0 Å². The fraction of sp³-hybridized carbons (Fsp3) is 0.286. The molecule has 0 saturated carbocycles. The number of aliphatic hydroxyl groups excluding tert-OH is 1. The Morgan fingerprint density at radius 2 is 2.05 bits per heavy atom. The Hall–Kier alpha value is -2.12. The summed E-state index contributed by atoms with van der Waals surface area (Å²) in [7, 11) is 0. The summed E-state index contributed by atoms with van der Waals surface area (Å²) < 4.78 is 11.1. The van der Waals surface area contributed by atoms with Crippen molar-refractivity contribution >= 4 is 17.0 Å². The van der Waals surface area contributed by atoms with E-state index in [1.54, 1.807) is 31.2 Å². The van der Waals surface area contributed by atoms with Gasteiger partial charge in [0.1, 0.15) is 0 Å². The van der Waals surface area contributed by atoms with Crippen molar-refractivity contribution in [1.82, 2.24) is 0 Å². The van der Waals surface area contributed by atoms with Gasteiger partial charge in [-0.1, -0.05) is 23.5 Å². The third kappa shape index (κ3) is 3.50. The Balaban J connectivity index is 2.37. The highest BCUT2D eigenvalue weighted by Gasteiger charge is 2.23. The minimum atomic E-state index is -0.784. The van der Waals surface area contributed by atoms with Crippen LogP contribution in [0.15, 0.2) is 30.3 Å². The molecule has 0 spiro atoms. The van der Waals surface area contributed by atoms with Gasteiger partial charge in [-0.2, -0.15) is 0 Å². The van der Waals surface area contributed by atoms with Crippen LogP contribution >= 0.6 is 11.3 Å². The van der Waals surface area contributed by atoms with Gasteiger partial charge >= 0.3 is 5.69 Å². The highest BCUT2D eigenvalue weighted by atomic mass is 32.1. The van der Waals surface area contributed by atoms with Gasteiger partial charge in [0.25, 0.3) is 5.06 Å². The number of hydrogen-bond acceptors (Lipinski definition) is 6. The largest absolute Gasteiger partial charge is 0.490 e. The number of nitrogens with zero attached hydrogens (tertiary/aromatic N) is 1. The van der Waals surface area contributed by atoms with Crippen LogP contribution in [0.1, 0.15) is 24.8 Å². The van der Waals surface area contributed by atoms with Crippen molar-refractivity contribution in [3.05, 3.63) is 45.3 Å². The average molecular weight is 309 g/mol. The summed E-state index contributed by atoms with van der Waals surface area (Å²) in [5.74, 6) is 0.919. The lowest BCUT2D eigenvalue weighted by molar-refractivity contribution is -0.385. The van der Waals surface area contributed by atoms with E-state index in [0.717, 1.165) is 11.3 Å². The number of hydrogen-bond donors (Lipinski definition) is 1. The van der Waals surface area contributed by atoms with Crippen LogP contribution in [0.5, 0.6) is 16.6 Å². The topological polar surface area (TPSA) is 81.8 Å². The molecule has 2 rings (SSSR count). The van der Waals surface area contributed by atoms with Gasteiger partial charge in [-0.25, -0.2) is 0 Å². The molecule has 1 N–H and O–H groups in total. The number of aliphatic hydroxyl groups is 1. The van der Waals surface area contributed by atoms with E-state index in [9.17, 15) is 15.2 Å². The second-order valence-electron chi connectivity index (χ2n) is 4.24. The number of rotatable bonds is 6. The van der Waals surface area contributed by atoms with Gasteiger partial charge in [0, 0.05) is 10.9 Å². The normalized spacial score (nSPS) is 12.0. The molecule has 0 amide bonds. The van der Waals surface area contributed by atoms with E-state index in [1.807, 2.05) is 6.92 Å². The molecular weight excluding hydrogens is 294 g/mol. The smallest absolute Gasteiger partial charge is 0.323 e. The maximum absolute atomic E-state index is 11.1. The minimum Gasteiger partial charge on any atom is -0.490 e. The monoisotopic (exact) mass is 309 g/mol. The van der Waals surface area contributed by atoms with E-state index in [0.29, 0.717) is 23.0 Å². The number of para-hydroxylation sites is 2. The molecule has 7 heteroatoms. The molecule has 0 unspecified atom stereocenters. The van der Waals surface area contributed by atoms with Crippen molar-refractivity contribution in [1.29, 1.82) is 0 Å². The van der Waals surface area contributed by atoms with Gasteiger partial charge in [-0.3, -0.25) is 10.1 Å². The van der Waals surface area contributed by atoms with Crippen LogP contribution < -0.4 is 9.47 Å². The highest BCUT2D eigenvalue weighted by Crippen LogP contribution is 2.43. The maximum atomic E-state index is 11.1. The minimum absolute atomic E-state index is 0.128. The van der Waals surface area contributed by atoms with Crippen LogP contribution in [0.4, 0.5) is 5.69 Å². The first-order valence-electron chi connectivity index (χ1n) is 6.38. The molecule has 0 aliphatic heterocycles. The van der Waals surface area contributed by atoms with Crippen LogP contribution in [0.3, 0.4) is 0 Å². The number of nitro groups is 1. The first-order chi connectivity index (χ1) is 10.0. The highest BCUT2D eigenvalue weighted by molar-refractivity contribution is 7.14. The third-order valence-electron chi connectivity index (χ3n) is 2.66. The molecule has 0 bridgehead atoms. The maximum Gasteiger partial charge on any atom is 0.323 e. The Morgan fingerprint density at radius 3 is 2.62 bits per heavy atom. The van der Waals surface area contributed by atoms with E-state index >= 15 is 0 Å². The molecule has 1 aromatic carbocycles. The predicted octanol–water partition coefficient (Wildman–Crippen LogP) is 3.90. The fourth-order valence-corrected chi connectivity index (χ4v) is 2.62. The van der Waals surface area contributed by atoms with E-state index < -0.39 is 11.0 Å². The number of thiophene rings is 1. The second-order valence-corrected chi connectivity index (χ2v) is 5.28. The third-order valence-corrected chi connectivity index (χ3v) is 3.83. The van der Waals surface area contributed by atoms with Crippen molar-refractivity contribution in [3.63, 3.8) is 0 Å². The molecule has 1 aromatic heterocycles. The zero-order chi connectivity index (χ0) is 15.4.